The second-order valence-corrected chi connectivity index (χ2v) is 5.41. The number of alkyl halides is 3. The third-order valence-electron chi connectivity index (χ3n) is 3.60. The van der Waals surface area contributed by atoms with Gasteiger partial charge >= 0.3 is 6.18 Å². The molecule has 1 rings (SSSR count). The van der Waals surface area contributed by atoms with Crippen LogP contribution in [0.5, 0.6) is 0 Å². The van der Waals surface area contributed by atoms with Gasteiger partial charge in [-0.2, -0.15) is 13.2 Å². The number of guanidine groups is 1. The predicted octanol–water partition coefficient (Wildman–Crippen LogP) is 2.84. The summed E-state index contributed by atoms with van der Waals surface area (Å²) in [6, 6.07) is 0. The summed E-state index contributed by atoms with van der Waals surface area (Å²) in [4.78, 5) is 6.82. The van der Waals surface area contributed by atoms with E-state index in [4.69, 9.17) is 0 Å². The third-order valence-corrected chi connectivity index (χ3v) is 3.60. The first kappa shape index (κ1) is 21.8. The van der Waals surface area contributed by atoms with Gasteiger partial charge in [-0.3, -0.25) is 4.99 Å². The molecule has 1 fully saturated rings. The van der Waals surface area contributed by atoms with Gasteiger partial charge in [0.2, 0.25) is 0 Å². The molecular weight excluding hydrogens is 408 g/mol. The molecule has 0 radical (unpaired) electrons. The molecule has 8 heteroatoms. The quantitative estimate of drug-likeness (QED) is 0.382. The van der Waals surface area contributed by atoms with Gasteiger partial charge in [-0.15, -0.1) is 24.0 Å². The Labute approximate surface area is 148 Å². The van der Waals surface area contributed by atoms with E-state index in [1.165, 1.54) is 6.42 Å². The van der Waals surface area contributed by atoms with E-state index in [0.717, 1.165) is 26.1 Å². The van der Waals surface area contributed by atoms with Gasteiger partial charge in [0.25, 0.3) is 0 Å². The smallest absolute Gasteiger partial charge is 0.357 e. The van der Waals surface area contributed by atoms with Crippen LogP contribution in [0.15, 0.2) is 4.99 Å². The molecule has 1 saturated heterocycles. The lowest BCUT2D eigenvalue weighted by Gasteiger charge is -2.31. The molecule has 0 amide bonds. The first-order valence-electron chi connectivity index (χ1n) is 7.76. The van der Waals surface area contributed by atoms with E-state index in [1.54, 1.807) is 0 Å². The summed E-state index contributed by atoms with van der Waals surface area (Å²) in [5.41, 5.74) is 0. The zero-order chi connectivity index (χ0) is 15.7. The van der Waals surface area contributed by atoms with Crippen LogP contribution in [0.2, 0.25) is 0 Å². The molecule has 22 heavy (non-hydrogen) atoms. The van der Waals surface area contributed by atoms with Gasteiger partial charge in [-0.25, -0.2) is 0 Å². The predicted molar refractivity (Wildman–Crippen MR) is 94.9 cm³/mol. The number of halogens is 4. The Kier molecular flexibility index (Phi) is 11.2. The van der Waals surface area contributed by atoms with Crippen LogP contribution < -0.4 is 10.6 Å². The summed E-state index contributed by atoms with van der Waals surface area (Å²) < 4.78 is 36.4. The van der Waals surface area contributed by atoms with Gasteiger partial charge in [0.1, 0.15) is 0 Å². The second-order valence-electron chi connectivity index (χ2n) is 5.41. The van der Waals surface area contributed by atoms with Crippen molar-refractivity contribution in [3.8, 4) is 0 Å². The Bertz CT molecular complexity index is 324. The molecule has 0 aromatic rings. The maximum atomic E-state index is 12.1. The van der Waals surface area contributed by atoms with E-state index in [0.29, 0.717) is 25.0 Å². The normalized spacial score (nSPS) is 20.4. The minimum atomic E-state index is -4.13. The van der Waals surface area contributed by atoms with Crippen LogP contribution in [0.4, 0.5) is 13.2 Å². The van der Waals surface area contributed by atoms with Crippen molar-refractivity contribution in [1.82, 2.24) is 15.5 Å². The van der Waals surface area contributed by atoms with E-state index in [-0.39, 0.29) is 30.5 Å². The van der Waals surface area contributed by atoms with E-state index < -0.39 is 12.6 Å². The van der Waals surface area contributed by atoms with E-state index >= 15 is 0 Å². The fourth-order valence-electron chi connectivity index (χ4n) is 2.47. The molecule has 0 saturated carbocycles. The summed E-state index contributed by atoms with van der Waals surface area (Å²) >= 11 is 0. The fourth-order valence-corrected chi connectivity index (χ4v) is 2.47. The molecular formula is C14H28F3IN4. The molecule has 1 unspecified atom stereocenters. The maximum Gasteiger partial charge on any atom is 0.390 e. The zero-order valence-electron chi connectivity index (χ0n) is 13.4. The van der Waals surface area contributed by atoms with Crippen molar-refractivity contribution in [2.24, 2.45) is 10.9 Å². The third kappa shape index (κ3) is 9.70. The lowest BCUT2D eigenvalue weighted by molar-refractivity contribution is -0.132. The number of nitrogens with one attached hydrogen (secondary N) is 2. The van der Waals surface area contributed by atoms with E-state index in [1.807, 2.05) is 6.92 Å². The summed E-state index contributed by atoms with van der Waals surface area (Å²) in [7, 11) is 0. The highest BCUT2D eigenvalue weighted by Crippen LogP contribution is 2.18. The zero-order valence-corrected chi connectivity index (χ0v) is 15.7. The Balaban J connectivity index is 0.00000441. The van der Waals surface area contributed by atoms with Gasteiger partial charge in [0.15, 0.2) is 5.96 Å². The van der Waals surface area contributed by atoms with Crippen molar-refractivity contribution >= 4 is 29.9 Å². The van der Waals surface area contributed by atoms with Crippen molar-refractivity contribution < 1.29 is 13.2 Å². The molecule has 0 aromatic carbocycles. The van der Waals surface area contributed by atoms with Crippen LogP contribution in [-0.2, 0) is 0 Å². The van der Waals surface area contributed by atoms with Crippen molar-refractivity contribution in [1.29, 1.82) is 0 Å². The largest absolute Gasteiger partial charge is 0.390 e. The standard InChI is InChI=1S/C14H27F3N4.HI/c1-3-18-13(19-8-7-14(15,16)17)20-10-12-6-5-9-21(4-2)11-12;/h12H,3-11H2,1-2H3,(H2,18,19,20);1H. The van der Waals surface area contributed by atoms with E-state index in [9.17, 15) is 13.2 Å². The Morgan fingerprint density at radius 3 is 2.59 bits per heavy atom. The van der Waals surface area contributed by atoms with E-state index in [2.05, 4.69) is 27.4 Å². The van der Waals surface area contributed by atoms with Gasteiger partial charge in [-0.1, -0.05) is 6.92 Å². The van der Waals surface area contributed by atoms with Crippen molar-refractivity contribution in [2.45, 2.75) is 39.3 Å². The molecule has 1 atom stereocenters. The molecule has 0 aromatic heterocycles. The lowest BCUT2D eigenvalue weighted by Crippen LogP contribution is -2.40. The van der Waals surface area contributed by atoms with Gasteiger partial charge in [0.05, 0.1) is 6.42 Å². The Morgan fingerprint density at radius 1 is 1.27 bits per heavy atom. The monoisotopic (exact) mass is 436 g/mol. The van der Waals surface area contributed by atoms with Crippen LogP contribution in [0.1, 0.15) is 33.1 Å². The Morgan fingerprint density at radius 2 is 2.00 bits per heavy atom. The first-order chi connectivity index (χ1) is 9.94. The topological polar surface area (TPSA) is 39.7 Å². The number of aliphatic imine (C=N–C) groups is 1. The van der Waals surface area contributed by atoms with Crippen LogP contribution >= 0.6 is 24.0 Å². The van der Waals surface area contributed by atoms with Crippen molar-refractivity contribution in [2.75, 3.05) is 39.3 Å². The first-order valence-corrected chi connectivity index (χ1v) is 7.76. The molecule has 0 spiro atoms. The highest BCUT2D eigenvalue weighted by molar-refractivity contribution is 14.0. The average Bonchev–Trinajstić information content (AvgIpc) is 2.43. The second kappa shape index (κ2) is 11.3. The van der Waals surface area contributed by atoms with Gasteiger partial charge in [-0.05, 0) is 38.8 Å². The summed E-state index contributed by atoms with van der Waals surface area (Å²) in [6.07, 6.45) is -2.66. The molecule has 0 aliphatic carbocycles. The summed E-state index contributed by atoms with van der Waals surface area (Å²) in [5.74, 6) is 0.979. The molecule has 2 N–H and O–H groups in total. The maximum absolute atomic E-state index is 12.1. The Hall–Kier alpha value is -0.250. The van der Waals surface area contributed by atoms with Gasteiger partial charge in [0, 0.05) is 26.2 Å². The minimum absolute atomic E-state index is 0. The van der Waals surface area contributed by atoms with Crippen molar-refractivity contribution in [3.63, 3.8) is 0 Å². The number of rotatable bonds is 6. The minimum Gasteiger partial charge on any atom is -0.357 e. The highest BCUT2D eigenvalue weighted by Gasteiger charge is 2.26. The number of nitrogens with zero attached hydrogens (tertiary/aromatic N) is 2. The number of hydrogen-bond acceptors (Lipinski definition) is 2. The molecule has 0 bridgehead atoms. The average molecular weight is 436 g/mol. The van der Waals surface area contributed by atoms with Gasteiger partial charge < -0.3 is 15.5 Å². The molecule has 1 heterocycles. The van der Waals surface area contributed by atoms with Crippen LogP contribution in [0.25, 0.3) is 0 Å². The highest BCUT2D eigenvalue weighted by atomic mass is 127. The summed E-state index contributed by atoms with van der Waals surface area (Å²) in [5, 5.41) is 5.74. The lowest BCUT2D eigenvalue weighted by atomic mass is 9.98. The van der Waals surface area contributed by atoms with Crippen molar-refractivity contribution in [3.05, 3.63) is 0 Å². The van der Waals surface area contributed by atoms with Crippen LogP contribution in [0, 0.1) is 5.92 Å². The van der Waals surface area contributed by atoms with Crippen LogP contribution in [-0.4, -0.2) is 56.3 Å². The SMILES string of the molecule is CCNC(=NCC1CCCN(CC)C1)NCCC(F)(F)F.I. The fraction of sp³-hybridized carbons (Fsp3) is 0.929. The number of hydrogen-bond donors (Lipinski definition) is 2. The number of likely N-dealkylation sites (tertiary alicyclic amines) is 1. The molecule has 4 nitrogen and oxygen atoms in total. The molecule has 132 valence electrons. The number of piperidine rings is 1. The molecule has 1 aliphatic heterocycles. The summed E-state index contributed by atoms with van der Waals surface area (Å²) in [6.45, 7) is 8.43. The van der Waals surface area contributed by atoms with Crippen LogP contribution in [0.3, 0.4) is 0 Å². The molecule has 1 aliphatic rings.